The molecule has 2 aromatic rings. The molecule has 1 atom stereocenters. The number of amides is 1. The summed E-state index contributed by atoms with van der Waals surface area (Å²) in [6, 6.07) is 8.97. The van der Waals surface area contributed by atoms with Crippen LogP contribution in [0.2, 0.25) is 5.02 Å². The molecule has 23 heavy (non-hydrogen) atoms. The Morgan fingerprint density at radius 1 is 1.43 bits per heavy atom. The number of benzene rings is 1. The normalized spacial score (nSPS) is 18.2. The van der Waals surface area contributed by atoms with Crippen molar-refractivity contribution >= 4 is 17.5 Å². The Balaban J connectivity index is 1.72. The van der Waals surface area contributed by atoms with Gasteiger partial charge in [-0.1, -0.05) is 16.8 Å². The summed E-state index contributed by atoms with van der Waals surface area (Å²) in [5.41, 5.74) is 1.22. The molecule has 1 aromatic heterocycles. The highest BCUT2D eigenvalue weighted by Crippen LogP contribution is 2.24. The largest absolute Gasteiger partial charge is 0.355 e. The third-order valence-electron chi connectivity index (χ3n) is 4.16. The van der Waals surface area contributed by atoms with Crippen LogP contribution in [0, 0.1) is 5.92 Å². The minimum absolute atomic E-state index is 0.0604. The van der Waals surface area contributed by atoms with Gasteiger partial charge in [-0.25, -0.2) is 0 Å². The molecule has 1 saturated heterocycles. The average Bonchev–Trinajstić information content (AvgIpc) is 3.05. The molecule has 0 bridgehead atoms. The molecule has 1 fully saturated rings. The van der Waals surface area contributed by atoms with Crippen molar-refractivity contribution in [1.82, 2.24) is 15.4 Å². The van der Waals surface area contributed by atoms with Crippen LogP contribution >= 0.6 is 11.6 Å². The molecule has 1 amide bonds. The zero-order valence-electron chi connectivity index (χ0n) is 13.1. The van der Waals surface area contributed by atoms with Crippen molar-refractivity contribution in [3.63, 3.8) is 0 Å². The van der Waals surface area contributed by atoms with E-state index in [1.807, 2.05) is 24.1 Å². The van der Waals surface area contributed by atoms with E-state index in [4.69, 9.17) is 16.1 Å². The number of hydrogen-bond acceptors (Lipinski definition) is 4. The number of rotatable bonds is 4. The van der Waals surface area contributed by atoms with E-state index in [9.17, 15) is 4.79 Å². The van der Waals surface area contributed by atoms with Gasteiger partial charge in [0.05, 0.1) is 0 Å². The van der Waals surface area contributed by atoms with Crippen LogP contribution < -0.4 is 5.32 Å². The summed E-state index contributed by atoms with van der Waals surface area (Å²) < 4.78 is 5.32. The summed E-state index contributed by atoms with van der Waals surface area (Å²) in [4.78, 5) is 14.5. The van der Waals surface area contributed by atoms with Gasteiger partial charge in [-0.15, -0.1) is 0 Å². The van der Waals surface area contributed by atoms with Gasteiger partial charge in [-0.05, 0) is 56.6 Å². The summed E-state index contributed by atoms with van der Waals surface area (Å²) in [7, 11) is 1.94. The zero-order chi connectivity index (χ0) is 16.2. The third-order valence-corrected chi connectivity index (χ3v) is 4.41. The molecule has 6 heteroatoms. The summed E-state index contributed by atoms with van der Waals surface area (Å²) >= 11 is 5.88. The molecule has 0 saturated carbocycles. The summed E-state index contributed by atoms with van der Waals surface area (Å²) in [6.07, 6.45) is 2.18. The second-order valence-electron chi connectivity index (χ2n) is 5.90. The highest BCUT2D eigenvalue weighted by atomic mass is 35.5. The summed E-state index contributed by atoms with van der Waals surface area (Å²) in [5, 5.41) is 7.79. The van der Waals surface area contributed by atoms with Crippen molar-refractivity contribution in [2.24, 2.45) is 5.92 Å². The Kier molecular flexibility index (Phi) is 4.98. The van der Waals surface area contributed by atoms with Crippen LogP contribution in [0.5, 0.6) is 0 Å². The van der Waals surface area contributed by atoms with Crippen molar-refractivity contribution < 1.29 is 9.32 Å². The highest BCUT2D eigenvalue weighted by Gasteiger charge is 2.26. The first-order valence-corrected chi connectivity index (χ1v) is 8.21. The Bertz CT molecular complexity index is 667. The number of likely N-dealkylation sites (tertiary alicyclic amines) is 1. The van der Waals surface area contributed by atoms with E-state index >= 15 is 0 Å². The van der Waals surface area contributed by atoms with Crippen LogP contribution in [0.25, 0.3) is 11.3 Å². The molecule has 3 rings (SSSR count). The lowest BCUT2D eigenvalue weighted by Gasteiger charge is -2.32. The lowest BCUT2D eigenvalue weighted by atomic mass is 9.98. The third kappa shape index (κ3) is 3.74. The van der Waals surface area contributed by atoms with Gasteiger partial charge in [0.1, 0.15) is 0 Å². The van der Waals surface area contributed by atoms with Crippen LogP contribution in [-0.2, 0) is 0 Å². The van der Waals surface area contributed by atoms with Crippen LogP contribution in [0.1, 0.15) is 23.3 Å². The predicted octanol–water partition coefficient (Wildman–Crippen LogP) is 3.07. The summed E-state index contributed by atoms with van der Waals surface area (Å²) in [6.45, 7) is 2.48. The molecular weight excluding hydrogens is 314 g/mol. The van der Waals surface area contributed by atoms with Gasteiger partial charge in [-0.3, -0.25) is 4.79 Å². The number of carbonyl (C=O) groups excluding carboxylic acids is 1. The van der Waals surface area contributed by atoms with E-state index in [0.717, 1.165) is 38.0 Å². The average molecular weight is 334 g/mol. The molecule has 1 aliphatic heterocycles. The second kappa shape index (κ2) is 7.15. The molecular formula is C17H20ClN3O2. The standard InChI is InChI=1S/C17H20ClN3O2/c1-19-10-12-3-2-8-21(11-12)17(22)15-9-16(23-20-15)13-4-6-14(18)7-5-13/h4-7,9,12,19H,2-3,8,10-11H2,1H3. The van der Waals surface area contributed by atoms with Crippen molar-refractivity contribution in [3.8, 4) is 11.3 Å². The fourth-order valence-electron chi connectivity index (χ4n) is 2.99. The quantitative estimate of drug-likeness (QED) is 0.934. The molecule has 0 radical (unpaired) electrons. The van der Waals surface area contributed by atoms with Gasteiger partial charge in [-0.2, -0.15) is 0 Å². The van der Waals surface area contributed by atoms with Gasteiger partial charge >= 0.3 is 0 Å². The van der Waals surface area contributed by atoms with Crippen LogP contribution in [0.15, 0.2) is 34.9 Å². The number of halogens is 1. The van der Waals surface area contributed by atoms with E-state index < -0.39 is 0 Å². The van der Waals surface area contributed by atoms with Crippen LogP contribution in [0.3, 0.4) is 0 Å². The number of piperidine rings is 1. The van der Waals surface area contributed by atoms with Gasteiger partial charge in [0, 0.05) is 29.7 Å². The molecule has 122 valence electrons. The maximum atomic E-state index is 12.6. The summed E-state index contributed by atoms with van der Waals surface area (Å²) in [5.74, 6) is 1.02. The smallest absolute Gasteiger partial charge is 0.276 e. The monoisotopic (exact) mass is 333 g/mol. The molecule has 1 aliphatic rings. The van der Waals surface area contributed by atoms with E-state index in [-0.39, 0.29) is 5.91 Å². The van der Waals surface area contributed by atoms with E-state index in [0.29, 0.717) is 22.4 Å². The SMILES string of the molecule is CNCC1CCCN(C(=O)c2cc(-c3ccc(Cl)cc3)on2)C1. The van der Waals surface area contributed by atoms with Gasteiger partial charge in [0.25, 0.3) is 5.91 Å². The Hall–Kier alpha value is -1.85. The lowest BCUT2D eigenvalue weighted by molar-refractivity contribution is 0.0664. The van der Waals surface area contributed by atoms with E-state index in [1.165, 1.54) is 0 Å². The first kappa shape index (κ1) is 16.0. The van der Waals surface area contributed by atoms with E-state index in [1.54, 1.807) is 18.2 Å². The van der Waals surface area contributed by atoms with E-state index in [2.05, 4.69) is 10.5 Å². The topological polar surface area (TPSA) is 58.4 Å². The van der Waals surface area contributed by atoms with Crippen molar-refractivity contribution in [2.45, 2.75) is 12.8 Å². The minimum Gasteiger partial charge on any atom is -0.355 e. The zero-order valence-corrected chi connectivity index (χ0v) is 13.8. The van der Waals surface area contributed by atoms with Crippen LogP contribution in [-0.4, -0.2) is 42.6 Å². The first-order valence-electron chi connectivity index (χ1n) is 7.84. The fourth-order valence-corrected chi connectivity index (χ4v) is 3.12. The Morgan fingerprint density at radius 3 is 2.96 bits per heavy atom. The number of carbonyl (C=O) groups is 1. The molecule has 5 nitrogen and oxygen atoms in total. The maximum absolute atomic E-state index is 12.6. The van der Waals surface area contributed by atoms with Gasteiger partial charge < -0.3 is 14.7 Å². The fraction of sp³-hybridized carbons (Fsp3) is 0.412. The molecule has 1 aromatic carbocycles. The molecule has 1 N–H and O–H groups in total. The molecule has 1 unspecified atom stereocenters. The highest BCUT2D eigenvalue weighted by molar-refractivity contribution is 6.30. The molecule has 0 spiro atoms. The number of aromatic nitrogens is 1. The number of hydrogen-bond donors (Lipinski definition) is 1. The first-order chi connectivity index (χ1) is 11.2. The minimum atomic E-state index is -0.0604. The Morgan fingerprint density at radius 2 is 2.22 bits per heavy atom. The maximum Gasteiger partial charge on any atom is 0.276 e. The second-order valence-corrected chi connectivity index (χ2v) is 6.34. The van der Waals surface area contributed by atoms with Crippen molar-refractivity contribution in [1.29, 1.82) is 0 Å². The van der Waals surface area contributed by atoms with Crippen LogP contribution in [0.4, 0.5) is 0 Å². The number of nitrogens with one attached hydrogen (secondary N) is 1. The molecule has 0 aliphatic carbocycles. The number of nitrogens with zero attached hydrogens (tertiary/aromatic N) is 2. The van der Waals surface area contributed by atoms with Gasteiger partial charge in [0.15, 0.2) is 11.5 Å². The van der Waals surface area contributed by atoms with Gasteiger partial charge in [0.2, 0.25) is 0 Å². The lowest BCUT2D eigenvalue weighted by Crippen LogP contribution is -2.42. The Labute approximate surface area is 140 Å². The van der Waals surface area contributed by atoms with Crippen molar-refractivity contribution in [3.05, 3.63) is 41.0 Å². The van der Waals surface area contributed by atoms with Crippen molar-refractivity contribution in [2.75, 3.05) is 26.7 Å². The predicted molar refractivity (Wildman–Crippen MR) is 89.5 cm³/mol. The molecule has 2 heterocycles.